The molecule has 0 aliphatic rings. The van der Waals surface area contributed by atoms with Crippen molar-refractivity contribution in [3.63, 3.8) is 0 Å². The van der Waals surface area contributed by atoms with Crippen LogP contribution in [-0.2, 0) is 26.7 Å². The van der Waals surface area contributed by atoms with Crippen LogP contribution in [0.5, 0.6) is 11.5 Å². The van der Waals surface area contributed by atoms with Gasteiger partial charge in [-0.25, -0.2) is 16.8 Å². The third-order valence-corrected chi connectivity index (χ3v) is 7.17. The van der Waals surface area contributed by atoms with E-state index in [1.807, 2.05) is 0 Å². The van der Waals surface area contributed by atoms with Gasteiger partial charge in [0.2, 0.25) is 0 Å². The van der Waals surface area contributed by atoms with Crippen molar-refractivity contribution >= 4 is 20.2 Å². The maximum atomic E-state index is 11.5. The summed E-state index contributed by atoms with van der Waals surface area (Å²) in [6.45, 7) is 2.20. The summed E-state index contributed by atoms with van der Waals surface area (Å²) in [7, 11) is -9.52. The van der Waals surface area contributed by atoms with Crippen LogP contribution in [0, 0.1) is 0 Å². The summed E-state index contributed by atoms with van der Waals surface area (Å²) in [5.41, 5.74) is 0.639. The Balaban J connectivity index is 0.00000578. The Morgan fingerprint density at radius 2 is 1.23 bits per heavy atom. The molecule has 2 aromatic carbocycles. The summed E-state index contributed by atoms with van der Waals surface area (Å²) in [6, 6.07) is 9.13. The molecule has 0 saturated carbocycles. The van der Waals surface area contributed by atoms with Crippen molar-refractivity contribution in [3.8, 4) is 11.5 Å². The topological polar surface area (TPSA) is 124 Å². The zero-order chi connectivity index (χ0) is 24.3. The number of hydrogen-bond acceptors (Lipinski definition) is 7. The Hall–Kier alpha value is 0.0600. The molecular weight excluding hydrogens is 510 g/mol. The molecule has 0 radical (unpaired) electrons. The minimum absolute atomic E-state index is 0. The van der Waals surface area contributed by atoms with Gasteiger partial charge in [0.25, 0.3) is 0 Å². The van der Waals surface area contributed by atoms with Crippen molar-refractivity contribution in [1.29, 1.82) is 0 Å². The molecule has 2 rings (SSSR count). The van der Waals surface area contributed by atoms with E-state index in [0.29, 0.717) is 12.0 Å². The van der Waals surface area contributed by atoms with Gasteiger partial charge < -0.3 is 13.8 Å². The molecule has 0 N–H and O–H groups in total. The second-order valence-corrected chi connectivity index (χ2v) is 10.9. The molecule has 0 atom stereocenters. The molecule has 7 nitrogen and oxygen atoms in total. The number of aryl methyl sites for hydroxylation is 1. The Kier molecular flexibility index (Phi) is 17.6. The Morgan fingerprint density at radius 3 is 1.77 bits per heavy atom. The first-order chi connectivity index (χ1) is 15.6. The summed E-state index contributed by atoms with van der Waals surface area (Å²) in [5, 5.41) is 0. The van der Waals surface area contributed by atoms with Crippen molar-refractivity contribution in [2.24, 2.45) is 0 Å². The van der Waals surface area contributed by atoms with Gasteiger partial charge in [-0.3, -0.25) is 0 Å². The average Bonchev–Trinajstić information content (AvgIpc) is 2.75. The second kappa shape index (κ2) is 17.5. The number of ether oxygens (including phenoxy) is 1. The molecule has 0 heterocycles. The smallest absolute Gasteiger partial charge is 0.744 e. The molecule has 0 aliphatic heterocycles. The van der Waals surface area contributed by atoms with Crippen molar-refractivity contribution in [3.05, 3.63) is 48.0 Å². The molecule has 0 aromatic heterocycles. The van der Waals surface area contributed by atoms with Gasteiger partial charge in [0.1, 0.15) is 31.7 Å². The van der Waals surface area contributed by atoms with Crippen LogP contribution < -0.4 is 63.9 Å². The molecular formula is C24H32Na2O7S2. The SMILES string of the molecule is CCCCCCCCCCCCc1ccc(S(=O)(=O)[O-])cc1Oc1ccccc1S(=O)(=O)[O-].[Na+].[Na+]. The van der Waals surface area contributed by atoms with Crippen LogP contribution in [0.3, 0.4) is 0 Å². The summed E-state index contributed by atoms with van der Waals surface area (Å²) >= 11 is 0. The number of hydrogen-bond donors (Lipinski definition) is 0. The molecule has 35 heavy (non-hydrogen) atoms. The second-order valence-electron chi connectivity index (χ2n) is 8.16. The van der Waals surface area contributed by atoms with Crippen LogP contribution >= 0.6 is 0 Å². The van der Waals surface area contributed by atoms with E-state index < -0.39 is 30.0 Å². The maximum absolute atomic E-state index is 11.5. The quantitative estimate of drug-likeness (QED) is 0.173. The molecule has 0 bridgehead atoms. The molecule has 2 aromatic rings. The molecule has 0 unspecified atom stereocenters. The minimum Gasteiger partial charge on any atom is -0.744 e. The number of para-hydroxylation sites is 1. The van der Waals surface area contributed by atoms with Gasteiger partial charge in [-0.1, -0.05) is 82.9 Å². The third-order valence-electron chi connectivity index (χ3n) is 5.47. The third kappa shape index (κ3) is 12.9. The number of rotatable bonds is 15. The van der Waals surface area contributed by atoms with Crippen LogP contribution in [0.25, 0.3) is 0 Å². The zero-order valence-electron chi connectivity index (χ0n) is 21.0. The molecule has 0 saturated heterocycles. The Bertz CT molecular complexity index is 1100. The predicted octanol–water partition coefficient (Wildman–Crippen LogP) is -0.241. The van der Waals surface area contributed by atoms with Crippen molar-refractivity contribution in [2.75, 3.05) is 0 Å². The summed E-state index contributed by atoms with van der Waals surface area (Å²) in [4.78, 5) is -1.03. The van der Waals surface area contributed by atoms with E-state index in [1.165, 1.54) is 68.9 Å². The van der Waals surface area contributed by atoms with Gasteiger partial charge in [0.05, 0.1) is 9.79 Å². The van der Waals surface area contributed by atoms with E-state index in [1.54, 1.807) is 0 Å². The van der Waals surface area contributed by atoms with E-state index in [0.717, 1.165) is 37.8 Å². The number of benzene rings is 2. The van der Waals surface area contributed by atoms with Crippen LogP contribution in [0.2, 0.25) is 0 Å². The van der Waals surface area contributed by atoms with Gasteiger partial charge >= 0.3 is 59.1 Å². The first kappa shape index (κ1) is 35.1. The van der Waals surface area contributed by atoms with Gasteiger partial charge in [-0.05, 0) is 42.7 Å². The standard InChI is InChI=1S/C24H34O7S2.2Na/c1-2-3-4-5-6-7-8-9-10-11-14-20-17-18-21(32(25,26)27)19-23(20)31-22-15-12-13-16-24(22)33(28,29)30;;/h12-13,15-19H,2-11,14H2,1H3,(H,25,26,27)(H,28,29,30);;/q;2*+1/p-2. The van der Waals surface area contributed by atoms with E-state index in [4.69, 9.17) is 4.74 Å². The van der Waals surface area contributed by atoms with Crippen LogP contribution in [0.1, 0.15) is 76.7 Å². The monoisotopic (exact) mass is 542 g/mol. The van der Waals surface area contributed by atoms with Crippen LogP contribution in [-0.4, -0.2) is 25.9 Å². The van der Waals surface area contributed by atoms with Gasteiger partial charge in [-0.15, -0.1) is 0 Å². The maximum Gasteiger partial charge on any atom is 1.00 e. The minimum atomic E-state index is -4.80. The van der Waals surface area contributed by atoms with Crippen molar-refractivity contribution in [2.45, 2.75) is 87.3 Å². The van der Waals surface area contributed by atoms with Crippen LogP contribution in [0.4, 0.5) is 0 Å². The zero-order valence-corrected chi connectivity index (χ0v) is 26.6. The largest absolute Gasteiger partial charge is 1.00 e. The van der Waals surface area contributed by atoms with E-state index in [-0.39, 0.29) is 70.6 Å². The molecule has 0 amide bonds. The fourth-order valence-electron chi connectivity index (χ4n) is 3.65. The van der Waals surface area contributed by atoms with E-state index in [2.05, 4.69) is 6.92 Å². The number of unbranched alkanes of at least 4 members (excludes halogenated alkanes) is 9. The predicted molar refractivity (Wildman–Crippen MR) is 124 cm³/mol. The van der Waals surface area contributed by atoms with Crippen molar-refractivity contribution in [1.82, 2.24) is 0 Å². The fraction of sp³-hybridized carbons (Fsp3) is 0.500. The van der Waals surface area contributed by atoms with Gasteiger partial charge in [-0.2, -0.15) is 0 Å². The van der Waals surface area contributed by atoms with Gasteiger partial charge in [0.15, 0.2) is 0 Å². The molecule has 11 heteroatoms. The Labute approximate surface area is 254 Å². The fourth-order valence-corrected chi connectivity index (χ4v) is 4.74. The average molecular weight is 543 g/mol. The molecule has 184 valence electrons. The van der Waals surface area contributed by atoms with E-state index in [9.17, 15) is 25.9 Å². The first-order valence-electron chi connectivity index (χ1n) is 11.4. The first-order valence-corrected chi connectivity index (χ1v) is 14.3. The molecule has 0 fully saturated rings. The summed E-state index contributed by atoms with van der Waals surface area (Å²) in [5.74, 6) is -0.156. The van der Waals surface area contributed by atoms with Crippen LogP contribution in [0.15, 0.2) is 52.3 Å². The van der Waals surface area contributed by atoms with E-state index >= 15 is 0 Å². The normalized spacial score (nSPS) is 11.4. The molecule has 0 aliphatic carbocycles. The summed E-state index contributed by atoms with van der Waals surface area (Å²) in [6.07, 6.45) is 12.2. The summed E-state index contributed by atoms with van der Waals surface area (Å²) < 4.78 is 74.7. The Morgan fingerprint density at radius 1 is 0.686 bits per heavy atom. The molecule has 0 spiro atoms. The van der Waals surface area contributed by atoms with Crippen molar-refractivity contribution < 1.29 is 89.8 Å². The van der Waals surface area contributed by atoms with Gasteiger partial charge in [0, 0.05) is 0 Å².